The fourth-order valence-corrected chi connectivity index (χ4v) is 3.54. The van der Waals surface area contributed by atoms with Crippen LogP contribution >= 0.6 is 0 Å². The first-order chi connectivity index (χ1) is 16.4. The third kappa shape index (κ3) is 5.76. The molecule has 0 aliphatic heterocycles. The van der Waals surface area contributed by atoms with E-state index >= 15 is 0 Å². The number of rotatable bonds is 7. The van der Waals surface area contributed by atoms with Gasteiger partial charge in [-0.3, -0.25) is 9.48 Å². The van der Waals surface area contributed by atoms with Gasteiger partial charge in [-0.05, 0) is 41.8 Å². The summed E-state index contributed by atoms with van der Waals surface area (Å²) < 4.78 is 85.5. The zero-order valence-electron chi connectivity index (χ0n) is 17.8. The van der Waals surface area contributed by atoms with Crippen molar-refractivity contribution in [3.8, 4) is 17.0 Å². The van der Waals surface area contributed by atoms with E-state index in [4.69, 9.17) is 9.84 Å². The molecule has 0 atom stereocenters. The molecule has 0 saturated heterocycles. The SMILES string of the molecule is O=C(O)Cn1ccc2ccc(OCc3cc(-c4ccc(C(F)(F)F)cc4)nn3CC(F)(F)F)cc21. The molecule has 1 N–H and O–H groups in total. The van der Waals surface area contributed by atoms with Gasteiger partial charge in [0.2, 0.25) is 0 Å². The number of benzene rings is 2. The van der Waals surface area contributed by atoms with Crippen molar-refractivity contribution in [3.63, 3.8) is 0 Å². The second kappa shape index (κ2) is 9.01. The fourth-order valence-electron chi connectivity index (χ4n) is 3.54. The second-order valence-electron chi connectivity index (χ2n) is 7.72. The molecule has 0 amide bonds. The lowest BCUT2D eigenvalue weighted by molar-refractivity contribution is -0.143. The number of aliphatic carboxylic acids is 1. The quantitative estimate of drug-likeness (QED) is 0.330. The molecule has 4 rings (SSSR count). The molecule has 0 saturated carbocycles. The van der Waals surface area contributed by atoms with Crippen molar-refractivity contribution in [2.45, 2.75) is 32.0 Å². The van der Waals surface area contributed by atoms with Gasteiger partial charge in [0.1, 0.15) is 25.4 Å². The predicted molar refractivity (Wildman–Crippen MR) is 113 cm³/mol. The minimum absolute atomic E-state index is 0.0539. The van der Waals surface area contributed by atoms with Gasteiger partial charge in [0.15, 0.2) is 0 Å². The Bertz CT molecular complexity index is 1350. The molecule has 0 bridgehead atoms. The summed E-state index contributed by atoms with van der Waals surface area (Å²) in [4.78, 5) is 11.0. The fraction of sp³-hybridized carbons (Fsp3) is 0.217. The number of carboxylic acids is 1. The molecule has 184 valence electrons. The monoisotopic (exact) mass is 497 g/mol. The lowest BCUT2D eigenvalue weighted by Gasteiger charge is -2.11. The number of hydrogen-bond donors (Lipinski definition) is 1. The van der Waals surface area contributed by atoms with Crippen LogP contribution in [0.1, 0.15) is 11.3 Å². The summed E-state index contributed by atoms with van der Waals surface area (Å²) in [6, 6.07) is 11.8. The minimum Gasteiger partial charge on any atom is -0.487 e. The van der Waals surface area contributed by atoms with E-state index in [1.54, 1.807) is 30.5 Å². The Morgan fingerprint density at radius 3 is 2.31 bits per heavy atom. The summed E-state index contributed by atoms with van der Waals surface area (Å²) in [6.07, 6.45) is -7.54. The summed E-state index contributed by atoms with van der Waals surface area (Å²) in [6.45, 7) is -2.00. The summed E-state index contributed by atoms with van der Waals surface area (Å²) >= 11 is 0. The van der Waals surface area contributed by atoms with Crippen LogP contribution in [0.15, 0.2) is 60.8 Å². The first-order valence-corrected chi connectivity index (χ1v) is 10.1. The van der Waals surface area contributed by atoms with Crippen LogP contribution < -0.4 is 4.74 Å². The van der Waals surface area contributed by atoms with E-state index in [9.17, 15) is 31.1 Å². The lowest BCUT2D eigenvalue weighted by atomic mass is 10.1. The highest BCUT2D eigenvalue weighted by Gasteiger charge is 2.31. The summed E-state index contributed by atoms with van der Waals surface area (Å²) in [5.41, 5.74) is 0.0143. The predicted octanol–water partition coefficient (Wildman–Crippen LogP) is 5.75. The van der Waals surface area contributed by atoms with E-state index in [1.165, 1.54) is 10.6 Å². The van der Waals surface area contributed by atoms with Crippen molar-refractivity contribution in [3.05, 3.63) is 72.1 Å². The van der Waals surface area contributed by atoms with Crippen molar-refractivity contribution in [2.75, 3.05) is 0 Å². The number of nitrogens with zero attached hydrogens (tertiary/aromatic N) is 3. The summed E-state index contributed by atoms with van der Waals surface area (Å²) in [7, 11) is 0. The van der Waals surface area contributed by atoms with E-state index in [0.717, 1.165) is 29.7 Å². The number of ether oxygens (including phenoxy) is 1. The molecule has 2 aromatic heterocycles. The van der Waals surface area contributed by atoms with Crippen molar-refractivity contribution in [2.24, 2.45) is 0 Å². The van der Waals surface area contributed by atoms with E-state index < -0.39 is 30.4 Å². The van der Waals surface area contributed by atoms with E-state index in [-0.39, 0.29) is 30.1 Å². The van der Waals surface area contributed by atoms with Crippen LogP contribution in [0, 0.1) is 0 Å². The standard InChI is InChI=1S/C23H17F6N3O3/c24-22(25,26)13-32-17(9-19(30-32)14-1-4-16(5-2-14)23(27,28)29)12-35-18-6-3-15-7-8-31(11-21(33)34)20(15)10-18/h1-10H,11-13H2,(H,33,34). The smallest absolute Gasteiger partial charge is 0.416 e. The molecule has 0 radical (unpaired) electrons. The zero-order chi connectivity index (χ0) is 25.4. The van der Waals surface area contributed by atoms with Crippen LogP contribution in [-0.2, 0) is 30.7 Å². The highest BCUT2D eigenvalue weighted by Crippen LogP contribution is 2.31. The van der Waals surface area contributed by atoms with Crippen LogP contribution in [0.25, 0.3) is 22.2 Å². The Balaban J connectivity index is 1.60. The summed E-state index contributed by atoms with van der Waals surface area (Å²) in [5.74, 6) is -0.751. The molecular weight excluding hydrogens is 480 g/mol. The maximum Gasteiger partial charge on any atom is 0.416 e. The van der Waals surface area contributed by atoms with Crippen LogP contribution in [0.3, 0.4) is 0 Å². The van der Waals surface area contributed by atoms with Crippen LogP contribution in [0.5, 0.6) is 5.75 Å². The highest BCUT2D eigenvalue weighted by molar-refractivity contribution is 5.83. The van der Waals surface area contributed by atoms with Crippen LogP contribution in [0.4, 0.5) is 26.3 Å². The Morgan fingerprint density at radius 2 is 1.69 bits per heavy atom. The molecule has 4 aromatic rings. The molecule has 6 nitrogen and oxygen atoms in total. The number of carbonyl (C=O) groups is 1. The van der Waals surface area contributed by atoms with E-state index in [1.807, 2.05) is 0 Å². The van der Waals surface area contributed by atoms with Gasteiger partial charge < -0.3 is 14.4 Å². The van der Waals surface area contributed by atoms with Crippen LogP contribution in [-0.4, -0.2) is 31.6 Å². The first kappa shape index (κ1) is 24.2. The molecule has 35 heavy (non-hydrogen) atoms. The third-order valence-electron chi connectivity index (χ3n) is 5.14. The average Bonchev–Trinajstić information content (AvgIpc) is 3.34. The number of carboxylic acid groups (broad SMARTS) is 1. The molecule has 0 spiro atoms. The summed E-state index contributed by atoms with van der Waals surface area (Å²) in [5, 5.41) is 13.7. The maximum absolute atomic E-state index is 13.1. The van der Waals surface area contributed by atoms with Gasteiger partial charge in [0.05, 0.1) is 22.5 Å². The number of aromatic nitrogens is 3. The van der Waals surface area contributed by atoms with Gasteiger partial charge in [-0.1, -0.05) is 12.1 Å². The Morgan fingerprint density at radius 1 is 0.971 bits per heavy atom. The molecular formula is C23H17F6N3O3. The van der Waals surface area contributed by atoms with Crippen molar-refractivity contribution >= 4 is 16.9 Å². The molecule has 2 aromatic carbocycles. The Kier molecular flexibility index (Phi) is 6.22. The molecule has 0 aliphatic rings. The number of halogens is 6. The van der Waals surface area contributed by atoms with Gasteiger partial charge in [0, 0.05) is 17.8 Å². The van der Waals surface area contributed by atoms with Gasteiger partial charge >= 0.3 is 18.3 Å². The minimum atomic E-state index is -4.59. The second-order valence-corrected chi connectivity index (χ2v) is 7.72. The van der Waals surface area contributed by atoms with Crippen molar-refractivity contribution in [1.29, 1.82) is 0 Å². The largest absolute Gasteiger partial charge is 0.487 e. The van der Waals surface area contributed by atoms with Gasteiger partial charge in [0.25, 0.3) is 0 Å². The van der Waals surface area contributed by atoms with Crippen LogP contribution in [0.2, 0.25) is 0 Å². The number of hydrogen-bond acceptors (Lipinski definition) is 3. The van der Waals surface area contributed by atoms with Gasteiger partial charge in [-0.25, -0.2) is 0 Å². The van der Waals surface area contributed by atoms with Gasteiger partial charge in [-0.15, -0.1) is 0 Å². The third-order valence-corrected chi connectivity index (χ3v) is 5.14. The first-order valence-electron chi connectivity index (χ1n) is 10.1. The molecule has 2 heterocycles. The van der Waals surface area contributed by atoms with E-state index in [2.05, 4.69) is 5.10 Å². The van der Waals surface area contributed by atoms with Crippen molar-refractivity contribution < 1.29 is 41.0 Å². The molecule has 12 heteroatoms. The van der Waals surface area contributed by atoms with E-state index in [0.29, 0.717) is 15.9 Å². The highest BCUT2D eigenvalue weighted by atomic mass is 19.4. The molecule has 0 unspecified atom stereocenters. The maximum atomic E-state index is 13.1. The topological polar surface area (TPSA) is 69.3 Å². The lowest BCUT2D eigenvalue weighted by Crippen LogP contribution is -2.21. The zero-order valence-corrected chi connectivity index (χ0v) is 17.8. The Hall–Kier alpha value is -3.96. The van der Waals surface area contributed by atoms with Crippen molar-refractivity contribution in [1.82, 2.24) is 14.3 Å². The molecule has 0 fully saturated rings. The average molecular weight is 497 g/mol. The normalized spacial score (nSPS) is 12.3. The molecule has 0 aliphatic carbocycles. The number of alkyl halides is 6. The van der Waals surface area contributed by atoms with Gasteiger partial charge in [-0.2, -0.15) is 31.4 Å². The number of fused-ring (bicyclic) bond motifs is 1. The Labute approximate surface area is 194 Å².